The molecular formula is C12H14N4. The van der Waals surface area contributed by atoms with Gasteiger partial charge in [-0.15, -0.1) is 0 Å². The third-order valence-electron chi connectivity index (χ3n) is 2.29. The zero-order chi connectivity index (χ0) is 11.4. The Morgan fingerprint density at radius 3 is 3.19 bits per heavy atom. The minimum Gasteiger partial charge on any atom is -0.360 e. The number of nitrogens with zero attached hydrogens (tertiary/aromatic N) is 2. The summed E-state index contributed by atoms with van der Waals surface area (Å²) in [6, 6.07) is 6.03. The van der Waals surface area contributed by atoms with Crippen LogP contribution in [0.25, 0.3) is 10.9 Å². The van der Waals surface area contributed by atoms with Crippen molar-refractivity contribution in [3.05, 3.63) is 49.6 Å². The highest BCUT2D eigenvalue weighted by molar-refractivity contribution is 5.81. The van der Waals surface area contributed by atoms with E-state index in [0.29, 0.717) is 0 Å². The predicted molar refractivity (Wildman–Crippen MR) is 66.8 cm³/mol. The van der Waals surface area contributed by atoms with Crippen LogP contribution in [0, 0.1) is 0 Å². The number of rotatable bonds is 4. The van der Waals surface area contributed by atoms with Gasteiger partial charge in [-0.1, -0.05) is 6.58 Å². The van der Waals surface area contributed by atoms with Gasteiger partial charge in [-0.25, -0.2) is 0 Å². The molecule has 0 atom stereocenters. The molecule has 2 aromatic rings. The highest BCUT2D eigenvalue weighted by Crippen LogP contribution is 2.16. The summed E-state index contributed by atoms with van der Waals surface area (Å²) in [6.07, 6.45) is 7.30. The monoisotopic (exact) mass is 214 g/mol. The molecule has 1 heterocycles. The van der Waals surface area contributed by atoms with Crippen molar-refractivity contribution in [3.8, 4) is 0 Å². The van der Waals surface area contributed by atoms with Gasteiger partial charge in [0.25, 0.3) is 0 Å². The largest absolute Gasteiger partial charge is 0.360 e. The Morgan fingerprint density at radius 2 is 2.38 bits per heavy atom. The molecule has 0 unspecified atom stereocenters. The molecule has 82 valence electrons. The predicted octanol–water partition coefficient (Wildman–Crippen LogP) is 2.52. The Hall–Kier alpha value is -2.23. The molecule has 0 aliphatic rings. The van der Waals surface area contributed by atoms with E-state index in [0.717, 1.165) is 16.6 Å². The molecule has 0 saturated heterocycles. The van der Waals surface area contributed by atoms with Crippen LogP contribution in [0.4, 0.5) is 5.69 Å². The second-order valence-corrected chi connectivity index (χ2v) is 3.48. The first-order chi connectivity index (χ1) is 7.79. The molecule has 0 aliphatic heterocycles. The Kier molecular flexibility index (Phi) is 2.91. The number of aromatic amines is 1. The van der Waals surface area contributed by atoms with Crippen molar-refractivity contribution < 1.29 is 0 Å². The second-order valence-electron chi connectivity index (χ2n) is 3.48. The molecule has 1 aromatic heterocycles. The Morgan fingerprint density at radius 1 is 1.50 bits per heavy atom. The van der Waals surface area contributed by atoms with Crippen LogP contribution in [0.3, 0.4) is 0 Å². The molecule has 2 rings (SSSR count). The van der Waals surface area contributed by atoms with Gasteiger partial charge in [0.2, 0.25) is 0 Å². The van der Waals surface area contributed by atoms with E-state index in [2.05, 4.69) is 22.1 Å². The van der Waals surface area contributed by atoms with Crippen LogP contribution in [0.2, 0.25) is 0 Å². The average Bonchev–Trinajstić information content (AvgIpc) is 2.76. The molecule has 0 saturated carbocycles. The minimum atomic E-state index is 1.03. The van der Waals surface area contributed by atoms with Crippen LogP contribution in [-0.2, 0) is 0 Å². The summed E-state index contributed by atoms with van der Waals surface area (Å²) in [7, 11) is 1.92. The number of anilines is 1. The van der Waals surface area contributed by atoms with Crippen LogP contribution in [0.15, 0.2) is 49.6 Å². The lowest BCUT2D eigenvalue weighted by Crippen LogP contribution is -2.00. The molecule has 4 heteroatoms. The van der Waals surface area contributed by atoms with E-state index in [4.69, 9.17) is 0 Å². The molecule has 4 nitrogen and oxygen atoms in total. The molecule has 16 heavy (non-hydrogen) atoms. The number of fused-ring (bicyclic) bond motifs is 1. The third kappa shape index (κ3) is 2.23. The quantitative estimate of drug-likeness (QED) is 0.822. The summed E-state index contributed by atoms with van der Waals surface area (Å²) in [5, 5.41) is 11.2. The van der Waals surface area contributed by atoms with E-state index < -0.39 is 0 Å². The zero-order valence-corrected chi connectivity index (χ0v) is 9.14. The van der Waals surface area contributed by atoms with Crippen molar-refractivity contribution in [2.75, 3.05) is 12.4 Å². The lowest BCUT2D eigenvalue weighted by molar-refractivity contribution is 0.627. The zero-order valence-electron chi connectivity index (χ0n) is 9.14. The van der Waals surface area contributed by atoms with Gasteiger partial charge in [-0.3, -0.25) is 5.10 Å². The molecule has 2 N–H and O–H groups in total. The third-order valence-corrected chi connectivity index (χ3v) is 2.29. The topological polar surface area (TPSA) is 44.0 Å². The van der Waals surface area contributed by atoms with Crippen molar-refractivity contribution >= 4 is 16.6 Å². The van der Waals surface area contributed by atoms with Gasteiger partial charge >= 0.3 is 0 Å². The fourth-order valence-corrected chi connectivity index (χ4v) is 1.34. The van der Waals surface area contributed by atoms with Crippen LogP contribution in [-0.4, -0.2) is 22.1 Å². The average molecular weight is 214 g/mol. The molecule has 0 spiro atoms. The maximum atomic E-state index is 3.97. The summed E-state index contributed by atoms with van der Waals surface area (Å²) >= 11 is 0. The van der Waals surface area contributed by atoms with Gasteiger partial charge < -0.3 is 10.2 Å². The van der Waals surface area contributed by atoms with Crippen LogP contribution in [0.1, 0.15) is 0 Å². The molecule has 0 radical (unpaired) electrons. The summed E-state index contributed by atoms with van der Waals surface area (Å²) in [5.41, 5.74) is 2.07. The summed E-state index contributed by atoms with van der Waals surface area (Å²) < 4.78 is 0. The maximum absolute atomic E-state index is 3.97. The van der Waals surface area contributed by atoms with Crippen LogP contribution >= 0.6 is 0 Å². The fourth-order valence-electron chi connectivity index (χ4n) is 1.34. The molecule has 0 aliphatic carbocycles. The first-order valence-electron chi connectivity index (χ1n) is 5.00. The molecule has 0 amide bonds. The number of aromatic nitrogens is 2. The van der Waals surface area contributed by atoms with Gasteiger partial charge in [0.15, 0.2) is 0 Å². The van der Waals surface area contributed by atoms with Gasteiger partial charge in [-0.05, 0) is 24.4 Å². The lowest BCUT2D eigenvalue weighted by Gasteiger charge is -2.06. The van der Waals surface area contributed by atoms with Crippen LogP contribution < -0.4 is 5.32 Å². The van der Waals surface area contributed by atoms with E-state index in [1.54, 1.807) is 12.4 Å². The van der Waals surface area contributed by atoms with E-state index in [1.807, 2.05) is 42.5 Å². The highest BCUT2D eigenvalue weighted by atomic mass is 15.1. The fraction of sp³-hybridized carbons (Fsp3) is 0.0833. The summed E-state index contributed by atoms with van der Waals surface area (Å²) in [4.78, 5) is 1.86. The Balaban J connectivity index is 2.09. The van der Waals surface area contributed by atoms with Crippen molar-refractivity contribution in [2.24, 2.45) is 0 Å². The number of nitrogens with one attached hydrogen (secondary N) is 2. The van der Waals surface area contributed by atoms with Crippen molar-refractivity contribution in [2.45, 2.75) is 0 Å². The Labute approximate surface area is 94.3 Å². The number of H-pyrrole nitrogens is 1. The summed E-state index contributed by atoms with van der Waals surface area (Å²) in [5.74, 6) is 0. The van der Waals surface area contributed by atoms with Gasteiger partial charge in [-0.2, -0.15) is 5.10 Å². The van der Waals surface area contributed by atoms with Crippen molar-refractivity contribution in [1.29, 1.82) is 0 Å². The van der Waals surface area contributed by atoms with Crippen molar-refractivity contribution in [3.63, 3.8) is 0 Å². The maximum Gasteiger partial charge on any atom is 0.0651 e. The summed E-state index contributed by atoms with van der Waals surface area (Å²) in [6.45, 7) is 3.65. The van der Waals surface area contributed by atoms with Crippen LogP contribution in [0.5, 0.6) is 0 Å². The standard InChI is InChI=1S/C12H14N4/c1-3-16(2)7-6-13-11-4-5-12-10(8-11)9-14-15-12/h3-9,13H,1H2,2H3,(H,14,15)/b7-6-. The first kappa shape index (κ1) is 10.3. The van der Waals surface area contributed by atoms with E-state index in [-0.39, 0.29) is 0 Å². The first-order valence-corrected chi connectivity index (χ1v) is 5.00. The smallest absolute Gasteiger partial charge is 0.0651 e. The minimum absolute atomic E-state index is 1.03. The Bertz CT molecular complexity index is 512. The van der Waals surface area contributed by atoms with Crippen molar-refractivity contribution in [1.82, 2.24) is 15.1 Å². The second kappa shape index (κ2) is 4.53. The van der Waals surface area contributed by atoms with E-state index >= 15 is 0 Å². The number of benzene rings is 1. The molecule has 0 fully saturated rings. The molecular weight excluding hydrogens is 200 g/mol. The molecule has 1 aromatic carbocycles. The van der Waals surface area contributed by atoms with Gasteiger partial charge in [0, 0.05) is 30.5 Å². The van der Waals surface area contributed by atoms with E-state index in [9.17, 15) is 0 Å². The highest BCUT2D eigenvalue weighted by Gasteiger charge is 1.95. The lowest BCUT2D eigenvalue weighted by atomic mass is 10.2. The van der Waals surface area contributed by atoms with Gasteiger partial charge in [0.05, 0.1) is 11.7 Å². The number of hydrogen-bond donors (Lipinski definition) is 2. The molecule has 0 bridgehead atoms. The number of hydrogen-bond acceptors (Lipinski definition) is 3. The normalized spacial score (nSPS) is 10.8. The van der Waals surface area contributed by atoms with E-state index in [1.165, 1.54) is 0 Å². The SMILES string of the molecule is C=CN(C)/C=C\Nc1ccc2[nH]ncc2c1. The van der Waals surface area contributed by atoms with Gasteiger partial charge in [0.1, 0.15) is 0 Å².